The molecule has 1 aromatic rings. The predicted octanol–water partition coefficient (Wildman–Crippen LogP) is 1.35. The van der Waals surface area contributed by atoms with E-state index >= 15 is 0 Å². The molecule has 2 atom stereocenters. The largest absolute Gasteiger partial charge is 0.382 e. The lowest BCUT2D eigenvalue weighted by Gasteiger charge is -2.38. The van der Waals surface area contributed by atoms with Gasteiger partial charge >= 0.3 is 0 Å². The van der Waals surface area contributed by atoms with Crippen LogP contribution in [0.2, 0.25) is 0 Å². The van der Waals surface area contributed by atoms with Crippen LogP contribution in [0.25, 0.3) is 0 Å². The quantitative estimate of drug-likeness (QED) is 0.859. The molecular weight excluding hydrogens is 228 g/mol. The molecule has 1 aromatic heterocycles. The molecule has 18 heavy (non-hydrogen) atoms. The van der Waals surface area contributed by atoms with E-state index in [-0.39, 0.29) is 0 Å². The first-order valence-corrected chi connectivity index (χ1v) is 6.83. The molecule has 2 heterocycles. The third-order valence-electron chi connectivity index (χ3n) is 3.55. The van der Waals surface area contributed by atoms with Crippen molar-refractivity contribution in [2.24, 2.45) is 0 Å². The summed E-state index contributed by atoms with van der Waals surface area (Å²) in [6, 6.07) is 2.41. The maximum absolute atomic E-state index is 5.70. The van der Waals surface area contributed by atoms with Crippen molar-refractivity contribution in [3.8, 4) is 0 Å². The minimum Gasteiger partial charge on any atom is -0.382 e. The van der Waals surface area contributed by atoms with Gasteiger partial charge in [0, 0.05) is 31.9 Å². The first kappa shape index (κ1) is 13.4. The highest BCUT2D eigenvalue weighted by Crippen LogP contribution is 2.14. The van der Waals surface area contributed by atoms with E-state index in [1.54, 1.807) is 0 Å². The smallest absolute Gasteiger partial charge is 0.145 e. The van der Waals surface area contributed by atoms with Gasteiger partial charge in [-0.25, -0.2) is 0 Å². The second kappa shape index (κ2) is 6.20. The molecular formula is C13H24N4O. The number of anilines is 1. The van der Waals surface area contributed by atoms with E-state index < -0.39 is 0 Å². The first-order chi connectivity index (χ1) is 8.69. The van der Waals surface area contributed by atoms with Crippen molar-refractivity contribution in [2.45, 2.75) is 45.4 Å². The maximum atomic E-state index is 5.70. The van der Waals surface area contributed by atoms with Crippen LogP contribution in [0, 0.1) is 0 Å². The molecule has 0 aliphatic carbocycles. The predicted molar refractivity (Wildman–Crippen MR) is 72.3 cm³/mol. The van der Waals surface area contributed by atoms with Gasteiger partial charge < -0.3 is 10.5 Å². The number of aryl methyl sites for hydroxylation is 1. The molecule has 2 rings (SSSR count). The second-order valence-corrected chi connectivity index (χ2v) is 5.06. The lowest BCUT2D eigenvalue weighted by Crippen LogP contribution is -2.48. The number of nitrogen functional groups attached to an aromatic ring is 1. The summed E-state index contributed by atoms with van der Waals surface area (Å²) >= 11 is 0. The molecule has 102 valence electrons. The van der Waals surface area contributed by atoms with Crippen LogP contribution >= 0.6 is 0 Å². The van der Waals surface area contributed by atoms with Crippen LogP contribution in [0.15, 0.2) is 12.3 Å². The molecule has 0 amide bonds. The van der Waals surface area contributed by atoms with Crippen molar-refractivity contribution in [1.82, 2.24) is 14.7 Å². The van der Waals surface area contributed by atoms with Crippen molar-refractivity contribution in [3.63, 3.8) is 0 Å². The first-order valence-electron chi connectivity index (χ1n) is 6.83. The Hall–Kier alpha value is -1.07. The Morgan fingerprint density at radius 1 is 1.50 bits per heavy atom. The van der Waals surface area contributed by atoms with Gasteiger partial charge in [0.2, 0.25) is 0 Å². The van der Waals surface area contributed by atoms with E-state index in [2.05, 4.69) is 23.8 Å². The lowest BCUT2D eigenvalue weighted by atomic mass is 10.1. The van der Waals surface area contributed by atoms with Crippen LogP contribution in [-0.4, -0.2) is 46.5 Å². The SMILES string of the molecule is CCC1COC(C)CN1CCCn1ccc(N)n1. The fourth-order valence-electron chi connectivity index (χ4n) is 2.50. The maximum Gasteiger partial charge on any atom is 0.145 e. The summed E-state index contributed by atoms with van der Waals surface area (Å²) in [6.45, 7) is 8.32. The zero-order valence-corrected chi connectivity index (χ0v) is 11.4. The van der Waals surface area contributed by atoms with Gasteiger partial charge in [-0.2, -0.15) is 5.10 Å². The third kappa shape index (κ3) is 3.46. The van der Waals surface area contributed by atoms with Crippen molar-refractivity contribution < 1.29 is 4.74 Å². The highest BCUT2D eigenvalue weighted by molar-refractivity contribution is 5.23. The molecule has 5 heteroatoms. The number of nitrogens with zero attached hydrogens (tertiary/aromatic N) is 3. The summed E-state index contributed by atoms with van der Waals surface area (Å²) in [5, 5.41) is 4.20. The van der Waals surface area contributed by atoms with Gasteiger partial charge in [-0.05, 0) is 25.8 Å². The van der Waals surface area contributed by atoms with Crippen LogP contribution in [0.5, 0.6) is 0 Å². The van der Waals surface area contributed by atoms with Crippen LogP contribution in [0.3, 0.4) is 0 Å². The van der Waals surface area contributed by atoms with Crippen molar-refractivity contribution in [2.75, 3.05) is 25.4 Å². The molecule has 0 spiro atoms. The van der Waals surface area contributed by atoms with Crippen LogP contribution in [0.1, 0.15) is 26.7 Å². The summed E-state index contributed by atoms with van der Waals surface area (Å²) in [6.07, 6.45) is 4.55. The normalized spacial score (nSPS) is 25.4. The average molecular weight is 252 g/mol. The summed E-state index contributed by atoms with van der Waals surface area (Å²) in [5.41, 5.74) is 5.60. The zero-order chi connectivity index (χ0) is 13.0. The lowest BCUT2D eigenvalue weighted by molar-refractivity contribution is -0.0563. The molecule has 1 fully saturated rings. The van der Waals surface area contributed by atoms with Gasteiger partial charge in [0.05, 0.1) is 12.7 Å². The minimum atomic E-state index is 0.355. The second-order valence-electron chi connectivity index (χ2n) is 5.06. The number of nitrogens with two attached hydrogens (primary N) is 1. The number of aromatic nitrogens is 2. The summed E-state index contributed by atoms with van der Waals surface area (Å²) in [5.74, 6) is 0.599. The van der Waals surface area contributed by atoms with Crippen LogP contribution < -0.4 is 5.73 Å². The average Bonchev–Trinajstić information content (AvgIpc) is 2.75. The molecule has 2 unspecified atom stereocenters. The molecule has 1 aliphatic rings. The van der Waals surface area contributed by atoms with Gasteiger partial charge in [0.25, 0.3) is 0 Å². The topological polar surface area (TPSA) is 56.3 Å². The van der Waals surface area contributed by atoms with E-state index in [0.29, 0.717) is 18.0 Å². The summed E-state index contributed by atoms with van der Waals surface area (Å²) < 4.78 is 7.62. The van der Waals surface area contributed by atoms with Crippen molar-refractivity contribution >= 4 is 5.82 Å². The number of ether oxygens (including phenoxy) is 1. The number of morpholine rings is 1. The Morgan fingerprint density at radius 2 is 2.33 bits per heavy atom. The van der Waals surface area contributed by atoms with Crippen LogP contribution in [0.4, 0.5) is 5.82 Å². The van der Waals surface area contributed by atoms with Crippen molar-refractivity contribution in [1.29, 1.82) is 0 Å². The van der Waals surface area contributed by atoms with Gasteiger partial charge in [-0.3, -0.25) is 9.58 Å². The Labute approximate surface area is 109 Å². The monoisotopic (exact) mass is 252 g/mol. The fraction of sp³-hybridized carbons (Fsp3) is 0.769. The molecule has 1 saturated heterocycles. The summed E-state index contributed by atoms with van der Waals surface area (Å²) in [4.78, 5) is 2.54. The Bertz CT molecular complexity index is 366. The van der Waals surface area contributed by atoms with E-state index in [9.17, 15) is 0 Å². The molecule has 0 saturated carbocycles. The van der Waals surface area contributed by atoms with E-state index in [4.69, 9.17) is 10.5 Å². The highest BCUT2D eigenvalue weighted by atomic mass is 16.5. The van der Waals surface area contributed by atoms with E-state index in [0.717, 1.165) is 39.1 Å². The van der Waals surface area contributed by atoms with E-state index in [1.807, 2.05) is 16.9 Å². The highest BCUT2D eigenvalue weighted by Gasteiger charge is 2.24. The Kier molecular flexibility index (Phi) is 4.60. The Balaban J connectivity index is 1.77. The minimum absolute atomic E-state index is 0.355. The standard InChI is InChI=1S/C13H24N4O/c1-3-12-10-18-11(2)9-16(12)6-4-7-17-8-5-13(14)15-17/h5,8,11-12H,3-4,6-7,9-10H2,1-2H3,(H2,14,15). The molecule has 1 aliphatic heterocycles. The van der Waals surface area contributed by atoms with Gasteiger partial charge in [-0.15, -0.1) is 0 Å². The zero-order valence-electron chi connectivity index (χ0n) is 11.4. The number of hydrogen-bond donors (Lipinski definition) is 1. The Morgan fingerprint density at radius 3 is 3.00 bits per heavy atom. The van der Waals surface area contributed by atoms with Gasteiger partial charge in [0.1, 0.15) is 5.82 Å². The number of hydrogen-bond acceptors (Lipinski definition) is 4. The van der Waals surface area contributed by atoms with E-state index in [1.165, 1.54) is 0 Å². The van der Waals surface area contributed by atoms with Crippen molar-refractivity contribution in [3.05, 3.63) is 12.3 Å². The molecule has 5 nitrogen and oxygen atoms in total. The molecule has 0 bridgehead atoms. The number of rotatable bonds is 5. The third-order valence-corrected chi connectivity index (χ3v) is 3.55. The molecule has 0 radical (unpaired) electrons. The molecule has 2 N–H and O–H groups in total. The fourth-order valence-corrected chi connectivity index (χ4v) is 2.50. The van der Waals surface area contributed by atoms with Gasteiger partial charge in [0.15, 0.2) is 0 Å². The van der Waals surface area contributed by atoms with Gasteiger partial charge in [-0.1, -0.05) is 6.92 Å². The van der Waals surface area contributed by atoms with Crippen LogP contribution in [-0.2, 0) is 11.3 Å². The molecule has 0 aromatic carbocycles. The summed E-state index contributed by atoms with van der Waals surface area (Å²) in [7, 11) is 0.